The molecule has 0 aliphatic carbocycles. The Morgan fingerprint density at radius 2 is 2.15 bits per heavy atom. The predicted octanol–water partition coefficient (Wildman–Crippen LogP) is 3.90. The van der Waals surface area contributed by atoms with Crippen molar-refractivity contribution in [2.75, 3.05) is 11.4 Å². The zero-order valence-electron chi connectivity index (χ0n) is 10.5. The SMILES string of the molecule is FC(F)(F)c1ccnc(N2CCCC2c2cccs2)n1. The second-order valence-electron chi connectivity index (χ2n) is 4.61. The number of hydrogen-bond acceptors (Lipinski definition) is 4. The van der Waals surface area contributed by atoms with Crippen molar-refractivity contribution in [2.45, 2.75) is 25.1 Å². The van der Waals surface area contributed by atoms with Crippen molar-refractivity contribution >= 4 is 17.3 Å². The molecule has 2 aromatic heterocycles. The maximum Gasteiger partial charge on any atom is 0.433 e. The zero-order chi connectivity index (χ0) is 14.2. The molecule has 3 nitrogen and oxygen atoms in total. The lowest BCUT2D eigenvalue weighted by Gasteiger charge is -2.24. The van der Waals surface area contributed by atoms with Crippen LogP contribution in [0.5, 0.6) is 0 Å². The largest absolute Gasteiger partial charge is 0.433 e. The highest BCUT2D eigenvalue weighted by Crippen LogP contribution is 2.37. The average molecular weight is 299 g/mol. The normalized spacial score (nSPS) is 19.6. The third-order valence-corrected chi connectivity index (χ3v) is 4.29. The standard InChI is InChI=1S/C13H12F3N3S/c14-13(15,16)11-5-6-17-12(18-11)19-7-1-3-9(19)10-4-2-8-20-10/h2,4-6,8-9H,1,3,7H2. The zero-order valence-corrected chi connectivity index (χ0v) is 11.3. The lowest BCUT2D eigenvalue weighted by atomic mass is 10.2. The Hall–Kier alpha value is -1.63. The number of thiophene rings is 1. The minimum Gasteiger partial charge on any atom is -0.333 e. The highest BCUT2D eigenvalue weighted by Gasteiger charge is 2.35. The molecule has 0 bridgehead atoms. The Bertz CT molecular complexity index is 583. The van der Waals surface area contributed by atoms with Gasteiger partial charge in [0.2, 0.25) is 5.95 Å². The fourth-order valence-corrected chi connectivity index (χ4v) is 3.30. The highest BCUT2D eigenvalue weighted by molar-refractivity contribution is 7.10. The van der Waals surface area contributed by atoms with Crippen LogP contribution >= 0.6 is 11.3 Å². The van der Waals surface area contributed by atoms with Gasteiger partial charge in [-0.1, -0.05) is 6.07 Å². The van der Waals surface area contributed by atoms with Gasteiger partial charge in [0.05, 0.1) is 6.04 Å². The molecule has 7 heteroatoms. The van der Waals surface area contributed by atoms with E-state index in [-0.39, 0.29) is 12.0 Å². The topological polar surface area (TPSA) is 29.0 Å². The minimum absolute atomic E-state index is 0.0819. The van der Waals surface area contributed by atoms with Crippen molar-refractivity contribution < 1.29 is 13.2 Å². The van der Waals surface area contributed by atoms with Crippen molar-refractivity contribution in [1.29, 1.82) is 0 Å². The van der Waals surface area contributed by atoms with E-state index in [1.807, 2.05) is 22.4 Å². The first-order chi connectivity index (χ1) is 9.55. The van der Waals surface area contributed by atoms with Gasteiger partial charge < -0.3 is 4.90 Å². The number of hydrogen-bond donors (Lipinski definition) is 0. The number of rotatable bonds is 2. The van der Waals surface area contributed by atoms with Crippen LogP contribution in [-0.4, -0.2) is 16.5 Å². The molecule has 1 saturated heterocycles. The molecule has 1 fully saturated rings. The highest BCUT2D eigenvalue weighted by atomic mass is 32.1. The molecule has 2 aromatic rings. The first kappa shape index (κ1) is 13.4. The van der Waals surface area contributed by atoms with Crippen LogP contribution < -0.4 is 4.90 Å². The molecule has 0 amide bonds. The van der Waals surface area contributed by atoms with Crippen LogP contribution in [0.3, 0.4) is 0 Å². The summed E-state index contributed by atoms with van der Waals surface area (Å²) < 4.78 is 38.2. The molecule has 3 rings (SSSR count). The molecule has 1 unspecified atom stereocenters. The molecule has 0 spiro atoms. The average Bonchev–Trinajstić information content (AvgIpc) is 3.08. The van der Waals surface area contributed by atoms with Gasteiger partial charge in [-0.25, -0.2) is 9.97 Å². The Balaban J connectivity index is 1.92. The Morgan fingerprint density at radius 3 is 2.85 bits per heavy atom. The van der Waals surface area contributed by atoms with Crippen molar-refractivity contribution in [1.82, 2.24) is 9.97 Å². The van der Waals surface area contributed by atoms with Crippen LogP contribution in [0.1, 0.15) is 29.5 Å². The van der Waals surface area contributed by atoms with E-state index in [0.717, 1.165) is 23.8 Å². The monoisotopic (exact) mass is 299 g/mol. The quantitative estimate of drug-likeness (QED) is 0.842. The third-order valence-electron chi connectivity index (χ3n) is 3.31. The van der Waals surface area contributed by atoms with Gasteiger partial charge in [-0.05, 0) is 30.4 Å². The summed E-state index contributed by atoms with van der Waals surface area (Å²) >= 11 is 1.61. The van der Waals surface area contributed by atoms with Gasteiger partial charge in [0.15, 0.2) is 0 Å². The molecular formula is C13H12F3N3S. The van der Waals surface area contributed by atoms with Gasteiger partial charge in [0.1, 0.15) is 5.69 Å². The van der Waals surface area contributed by atoms with E-state index >= 15 is 0 Å². The summed E-state index contributed by atoms with van der Waals surface area (Å²) in [5.74, 6) is 0.163. The van der Waals surface area contributed by atoms with E-state index in [4.69, 9.17) is 0 Å². The molecular weight excluding hydrogens is 287 g/mol. The first-order valence-electron chi connectivity index (χ1n) is 6.26. The van der Waals surface area contributed by atoms with E-state index in [0.29, 0.717) is 6.54 Å². The lowest BCUT2D eigenvalue weighted by molar-refractivity contribution is -0.141. The Labute approximate surface area is 118 Å². The molecule has 1 aliphatic rings. The molecule has 20 heavy (non-hydrogen) atoms. The van der Waals surface area contributed by atoms with Gasteiger partial charge in [0, 0.05) is 17.6 Å². The van der Waals surface area contributed by atoms with E-state index in [1.54, 1.807) is 11.3 Å². The van der Waals surface area contributed by atoms with Gasteiger partial charge in [0.25, 0.3) is 0 Å². The van der Waals surface area contributed by atoms with Gasteiger partial charge in [-0.3, -0.25) is 0 Å². The van der Waals surface area contributed by atoms with E-state index in [9.17, 15) is 13.2 Å². The molecule has 3 heterocycles. The fraction of sp³-hybridized carbons (Fsp3) is 0.385. The third kappa shape index (κ3) is 2.49. The van der Waals surface area contributed by atoms with Crippen molar-refractivity contribution in [3.8, 4) is 0 Å². The van der Waals surface area contributed by atoms with Crippen LogP contribution in [0.15, 0.2) is 29.8 Å². The molecule has 0 N–H and O–H groups in total. The maximum absolute atomic E-state index is 12.7. The number of halogens is 3. The van der Waals surface area contributed by atoms with Crippen LogP contribution in [0, 0.1) is 0 Å². The summed E-state index contributed by atoms with van der Waals surface area (Å²) in [6, 6.07) is 4.93. The Kier molecular flexibility index (Phi) is 3.37. The number of nitrogens with zero attached hydrogens (tertiary/aromatic N) is 3. The molecule has 0 radical (unpaired) electrons. The summed E-state index contributed by atoms with van der Waals surface area (Å²) in [6.07, 6.45) is -1.41. The first-order valence-corrected chi connectivity index (χ1v) is 7.14. The minimum atomic E-state index is -4.43. The summed E-state index contributed by atoms with van der Waals surface area (Å²) in [4.78, 5) is 10.7. The summed E-state index contributed by atoms with van der Waals surface area (Å²) in [6.45, 7) is 0.684. The van der Waals surface area contributed by atoms with Crippen LogP contribution in [-0.2, 0) is 6.18 Å². The second kappa shape index (κ2) is 5.05. The van der Waals surface area contributed by atoms with Crippen LogP contribution in [0.4, 0.5) is 19.1 Å². The molecule has 1 aliphatic heterocycles. The summed E-state index contributed by atoms with van der Waals surface area (Å²) in [7, 11) is 0. The van der Waals surface area contributed by atoms with Crippen molar-refractivity contribution in [3.05, 3.63) is 40.3 Å². The van der Waals surface area contributed by atoms with Crippen LogP contribution in [0.2, 0.25) is 0 Å². The number of aromatic nitrogens is 2. The second-order valence-corrected chi connectivity index (χ2v) is 5.59. The molecule has 106 valence electrons. The molecule has 0 aromatic carbocycles. The number of anilines is 1. The van der Waals surface area contributed by atoms with Gasteiger partial charge in [-0.2, -0.15) is 13.2 Å². The summed E-state index contributed by atoms with van der Waals surface area (Å²) in [5.41, 5.74) is -0.890. The van der Waals surface area contributed by atoms with E-state index < -0.39 is 11.9 Å². The lowest BCUT2D eigenvalue weighted by Crippen LogP contribution is -2.25. The van der Waals surface area contributed by atoms with Gasteiger partial charge in [-0.15, -0.1) is 11.3 Å². The maximum atomic E-state index is 12.7. The fourth-order valence-electron chi connectivity index (χ4n) is 2.43. The van der Waals surface area contributed by atoms with E-state index in [2.05, 4.69) is 9.97 Å². The smallest absolute Gasteiger partial charge is 0.333 e. The number of alkyl halides is 3. The van der Waals surface area contributed by atoms with E-state index in [1.165, 1.54) is 6.20 Å². The van der Waals surface area contributed by atoms with Crippen molar-refractivity contribution in [2.24, 2.45) is 0 Å². The molecule has 1 atom stereocenters. The predicted molar refractivity (Wildman–Crippen MR) is 70.7 cm³/mol. The van der Waals surface area contributed by atoms with Crippen LogP contribution in [0.25, 0.3) is 0 Å². The van der Waals surface area contributed by atoms with Gasteiger partial charge >= 0.3 is 6.18 Å². The molecule has 0 saturated carbocycles. The Morgan fingerprint density at radius 1 is 1.30 bits per heavy atom. The van der Waals surface area contributed by atoms with Crippen molar-refractivity contribution in [3.63, 3.8) is 0 Å². The summed E-state index contributed by atoms with van der Waals surface area (Å²) in [5, 5.41) is 1.97.